The molecule has 1 aliphatic heterocycles. The van der Waals surface area contributed by atoms with Crippen molar-refractivity contribution < 1.29 is 4.92 Å². The molecule has 0 aliphatic carbocycles. The summed E-state index contributed by atoms with van der Waals surface area (Å²) in [7, 11) is 0. The molecule has 8 heteroatoms. The quantitative estimate of drug-likeness (QED) is 0.472. The molecule has 1 aromatic heterocycles. The third kappa shape index (κ3) is 3.16. The molecule has 0 atom stereocenters. The summed E-state index contributed by atoms with van der Waals surface area (Å²) in [4.78, 5) is 22.5. The minimum atomic E-state index is -0.470. The van der Waals surface area contributed by atoms with Crippen LogP contribution < -0.4 is 4.90 Å². The van der Waals surface area contributed by atoms with Crippen molar-refractivity contribution in [1.29, 1.82) is 0 Å². The largest absolute Gasteiger partial charge is 0.348 e. The Balaban J connectivity index is 2.18. The molecule has 7 nitrogen and oxygen atoms in total. The van der Waals surface area contributed by atoms with E-state index < -0.39 is 4.92 Å². The second-order valence-electron chi connectivity index (χ2n) is 5.75. The zero-order chi connectivity index (χ0) is 14.9. The Bertz CT molecular complexity index is 509. The monoisotopic (exact) mass is 299 g/mol. The highest BCUT2D eigenvalue weighted by atomic mass is 35.5. The molecule has 0 spiro atoms. The van der Waals surface area contributed by atoms with Gasteiger partial charge in [-0.3, -0.25) is 15.0 Å². The minimum absolute atomic E-state index is 0.0313. The van der Waals surface area contributed by atoms with Crippen molar-refractivity contribution in [3.63, 3.8) is 0 Å². The summed E-state index contributed by atoms with van der Waals surface area (Å²) in [6.45, 7) is 9.52. The van der Waals surface area contributed by atoms with Gasteiger partial charge in [0.05, 0.1) is 4.92 Å². The molecule has 110 valence electrons. The molecular weight excluding hydrogens is 282 g/mol. The predicted octanol–water partition coefficient (Wildman–Crippen LogP) is 1.96. The zero-order valence-electron chi connectivity index (χ0n) is 11.8. The molecule has 0 bridgehead atoms. The van der Waals surface area contributed by atoms with Gasteiger partial charge in [0.15, 0.2) is 0 Å². The SMILES string of the molecule is CC(C)(C)N1CCN(c2nc(Cl)ncc2[N+](=O)[O-])CC1. The molecule has 0 radical (unpaired) electrons. The Hall–Kier alpha value is -1.47. The molecule has 0 saturated carbocycles. The van der Waals surface area contributed by atoms with Gasteiger partial charge in [-0.2, -0.15) is 4.98 Å². The van der Waals surface area contributed by atoms with Crippen LogP contribution in [0.5, 0.6) is 0 Å². The third-order valence-electron chi connectivity index (χ3n) is 3.45. The fourth-order valence-electron chi connectivity index (χ4n) is 2.30. The number of rotatable bonds is 2. The number of aromatic nitrogens is 2. The number of piperazine rings is 1. The van der Waals surface area contributed by atoms with E-state index in [9.17, 15) is 10.1 Å². The number of hydrogen-bond acceptors (Lipinski definition) is 6. The van der Waals surface area contributed by atoms with E-state index in [0.717, 1.165) is 13.1 Å². The number of anilines is 1. The average Bonchev–Trinajstić information content (AvgIpc) is 2.37. The van der Waals surface area contributed by atoms with Gasteiger partial charge in [-0.1, -0.05) is 0 Å². The molecule has 2 rings (SSSR count). The third-order valence-corrected chi connectivity index (χ3v) is 3.63. The Morgan fingerprint density at radius 1 is 1.30 bits per heavy atom. The minimum Gasteiger partial charge on any atom is -0.348 e. The predicted molar refractivity (Wildman–Crippen MR) is 77.2 cm³/mol. The molecule has 0 amide bonds. The molecule has 0 aromatic carbocycles. The number of nitrogens with zero attached hydrogens (tertiary/aromatic N) is 5. The van der Waals surface area contributed by atoms with Crippen LogP contribution >= 0.6 is 11.6 Å². The first kappa shape index (κ1) is 14.9. The molecule has 1 saturated heterocycles. The molecule has 1 fully saturated rings. The van der Waals surface area contributed by atoms with Crippen LogP contribution in [-0.2, 0) is 0 Å². The summed E-state index contributed by atoms with van der Waals surface area (Å²) in [5, 5.41) is 11.1. The highest BCUT2D eigenvalue weighted by Crippen LogP contribution is 2.28. The fourth-order valence-corrected chi connectivity index (χ4v) is 2.43. The summed E-state index contributed by atoms with van der Waals surface area (Å²) in [6, 6.07) is 0. The first-order valence-corrected chi connectivity index (χ1v) is 6.84. The Morgan fingerprint density at radius 3 is 2.40 bits per heavy atom. The molecule has 0 unspecified atom stereocenters. The van der Waals surface area contributed by atoms with Crippen molar-refractivity contribution in [1.82, 2.24) is 14.9 Å². The van der Waals surface area contributed by atoms with Crippen molar-refractivity contribution in [3.05, 3.63) is 21.6 Å². The summed E-state index contributed by atoms with van der Waals surface area (Å²) < 4.78 is 0. The van der Waals surface area contributed by atoms with E-state index in [1.807, 2.05) is 4.90 Å². The summed E-state index contributed by atoms with van der Waals surface area (Å²) >= 11 is 5.76. The van der Waals surface area contributed by atoms with E-state index >= 15 is 0 Å². The van der Waals surface area contributed by atoms with E-state index in [4.69, 9.17) is 11.6 Å². The highest BCUT2D eigenvalue weighted by molar-refractivity contribution is 6.28. The number of nitro groups is 1. The van der Waals surface area contributed by atoms with Gasteiger partial charge in [0.1, 0.15) is 6.20 Å². The molecule has 1 aromatic rings. The molecule has 1 aliphatic rings. The summed E-state index contributed by atoms with van der Waals surface area (Å²) in [5.74, 6) is 0.309. The summed E-state index contributed by atoms with van der Waals surface area (Å²) in [5.41, 5.74) is 0.0000417. The van der Waals surface area contributed by atoms with E-state index in [1.165, 1.54) is 6.20 Å². The smallest absolute Gasteiger partial charge is 0.329 e. The van der Waals surface area contributed by atoms with E-state index in [2.05, 4.69) is 35.6 Å². The lowest BCUT2D eigenvalue weighted by Gasteiger charge is -2.42. The standard InChI is InChI=1S/C12H18ClN5O2/c1-12(2,3)17-6-4-16(5-7-17)10-9(18(19)20)8-14-11(13)15-10/h8H,4-7H2,1-3H3. The maximum Gasteiger partial charge on any atom is 0.329 e. The Kier molecular flexibility index (Phi) is 4.10. The van der Waals surface area contributed by atoms with Crippen molar-refractivity contribution in [2.24, 2.45) is 0 Å². The first-order chi connectivity index (χ1) is 9.29. The lowest BCUT2D eigenvalue weighted by molar-refractivity contribution is -0.384. The summed E-state index contributed by atoms with van der Waals surface area (Å²) in [6.07, 6.45) is 1.17. The van der Waals surface area contributed by atoms with Crippen LogP contribution in [-0.4, -0.2) is 51.5 Å². The Labute approximate surface area is 122 Å². The maximum atomic E-state index is 11.0. The fraction of sp³-hybridized carbons (Fsp3) is 0.667. The van der Waals surface area contributed by atoms with Gasteiger partial charge >= 0.3 is 5.69 Å². The van der Waals surface area contributed by atoms with Gasteiger partial charge in [0.2, 0.25) is 11.1 Å². The number of halogens is 1. The van der Waals surface area contributed by atoms with Crippen LogP contribution in [0.25, 0.3) is 0 Å². The second-order valence-corrected chi connectivity index (χ2v) is 6.09. The van der Waals surface area contributed by atoms with Crippen molar-refractivity contribution in [2.75, 3.05) is 31.1 Å². The van der Waals surface area contributed by atoms with Crippen molar-refractivity contribution >= 4 is 23.1 Å². The first-order valence-electron chi connectivity index (χ1n) is 6.46. The van der Waals surface area contributed by atoms with Gasteiger partial charge in [0.25, 0.3) is 0 Å². The van der Waals surface area contributed by atoms with Crippen LogP contribution in [0.3, 0.4) is 0 Å². The van der Waals surface area contributed by atoms with Gasteiger partial charge in [-0.25, -0.2) is 4.98 Å². The van der Waals surface area contributed by atoms with Gasteiger partial charge < -0.3 is 4.90 Å². The van der Waals surface area contributed by atoms with Gasteiger partial charge in [-0.15, -0.1) is 0 Å². The van der Waals surface area contributed by atoms with Crippen molar-refractivity contribution in [3.8, 4) is 0 Å². The lowest BCUT2D eigenvalue weighted by Crippen LogP contribution is -2.53. The normalized spacial score (nSPS) is 17.3. The van der Waals surface area contributed by atoms with Crippen LogP contribution in [0.4, 0.5) is 11.5 Å². The lowest BCUT2D eigenvalue weighted by atomic mass is 10.0. The second kappa shape index (κ2) is 5.49. The molecular formula is C12H18ClN5O2. The van der Waals surface area contributed by atoms with Crippen LogP contribution in [0.15, 0.2) is 6.20 Å². The molecule has 2 heterocycles. The van der Waals surface area contributed by atoms with Crippen LogP contribution in [0, 0.1) is 10.1 Å². The van der Waals surface area contributed by atoms with E-state index in [0.29, 0.717) is 18.9 Å². The van der Waals surface area contributed by atoms with E-state index in [-0.39, 0.29) is 16.5 Å². The van der Waals surface area contributed by atoms with Crippen molar-refractivity contribution in [2.45, 2.75) is 26.3 Å². The molecule has 20 heavy (non-hydrogen) atoms. The van der Waals surface area contributed by atoms with Gasteiger partial charge in [0, 0.05) is 31.7 Å². The average molecular weight is 300 g/mol. The number of hydrogen-bond donors (Lipinski definition) is 0. The molecule has 0 N–H and O–H groups in total. The van der Waals surface area contributed by atoms with E-state index in [1.54, 1.807) is 0 Å². The maximum absolute atomic E-state index is 11.0. The topological polar surface area (TPSA) is 75.4 Å². The van der Waals surface area contributed by atoms with Gasteiger partial charge in [-0.05, 0) is 32.4 Å². The Morgan fingerprint density at radius 2 is 1.90 bits per heavy atom. The highest BCUT2D eigenvalue weighted by Gasteiger charge is 2.29. The van der Waals surface area contributed by atoms with Crippen LogP contribution in [0.2, 0.25) is 5.28 Å². The van der Waals surface area contributed by atoms with Crippen LogP contribution in [0.1, 0.15) is 20.8 Å². The zero-order valence-corrected chi connectivity index (χ0v) is 12.6.